The van der Waals surface area contributed by atoms with Gasteiger partial charge in [-0.25, -0.2) is 4.98 Å². The van der Waals surface area contributed by atoms with Gasteiger partial charge in [-0.2, -0.15) is 0 Å². The largest absolute Gasteiger partial charge is 0.381 e. The second kappa shape index (κ2) is 6.89. The van der Waals surface area contributed by atoms with E-state index in [1.54, 1.807) is 11.3 Å². The van der Waals surface area contributed by atoms with Crippen LogP contribution in [0, 0.1) is 5.92 Å². The molecule has 0 N–H and O–H groups in total. The number of ether oxygens (including phenoxy) is 1. The first-order valence-electron chi connectivity index (χ1n) is 8.81. The van der Waals surface area contributed by atoms with Gasteiger partial charge in [-0.1, -0.05) is 20.8 Å². The zero-order valence-electron chi connectivity index (χ0n) is 14.5. The summed E-state index contributed by atoms with van der Waals surface area (Å²) < 4.78 is 5.41. The van der Waals surface area contributed by atoms with E-state index in [0.717, 1.165) is 56.1 Å². The summed E-state index contributed by atoms with van der Waals surface area (Å²) in [5.41, 5.74) is 1.21. The maximum Gasteiger partial charge on any atom is 0.226 e. The first kappa shape index (κ1) is 16.9. The van der Waals surface area contributed by atoms with Gasteiger partial charge in [0.2, 0.25) is 5.91 Å². The van der Waals surface area contributed by atoms with Crippen LogP contribution in [0.2, 0.25) is 0 Å². The number of carbonyl (C=O) groups is 1. The standard InChI is InChI=1S/C18H28N2O2S/c1-18(2,3)15-12-23-16(19-15)14-6-4-5-9-20(14)17(21)13-7-10-22-11-8-13/h12-14H,4-11H2,1-3H3/t14-/m1/s1. The van der Waals surface area contributed by atoms with Crippen LogP contribution >= 0.6 is 11.3 Å². The minimum Gasteiger partial charge on any atom is -0.381 e. The van der Waals surface area contributed by atoms with Crippen LogP contribution in [0.3, 0.4) is 0 Å². The lowest BCUT2D eigenvalue weighted by Gasteiger charge is -2.37. The number of likely N-dealkylation sites (tertiary alicyclic amines) is 1. The van der Waals surface area contributed by atoms with E-state index in [2.05, 4.69) is 31.1 Å². The number of nitrogens with zero attached hydrogens (tertiary/aromatic N) is 2. The number of amides is 1. The van der Waals surface area contributed by atoms with Crippen molar-refractivity contribution in [2.75, 3.05) is 19.8 Å². The van der Waals surface area contributed by atoms with Gasteiger partial charge in [0.05, 0.1) is 11.7 Å². The fourth-order valence-corrected chi connectivity index (χ4v) is 4.61. The molecule has 0 aromatic carbocycles. The van der Waals surface area contributed by atoms with Gasteiger partial charge in [-0.3, -0.25) is 4.79 Å². The maximum atomic E-state index is 13.0. The van der Waals surface area contributed by atoms with Crippen LogP contribution in [-0.2, 0) is 14.9 Å². The average Bonchev–Trinajstić information content (AvgIpc) is 3.05. The molecule has 23 heavy (non-hydrogen) atoms. The summed E-state index contributed by atoms with van der Waals surface area (Å²) in [6, 6.07) is 0.181. The minimum absolute atomic E-state index is 0.0684. The van der Waals surface area contributed by atoms with Crippen LogP contribution in [0.4, 0.5) is 0 Å². The zero-order valence-corrected chi connectivity index (χ0v) is 15.3. The van der Waals surface area contributed by atoms with E-state index < -0.39 is 0 Å². The van der Waals surface area contributed by atoms with E-state index in [0.29, 0.717) is 5.91 Å². The van der Waals surface area contributed by atoms with Gasteiger partial charge < -0.3 is 9.64 Å². The molecule has 128 valence electrons. The second-order valence-corrected chi connectivity index (χ2v) is 8.64. The lowest BCUT2D eigenvalue weighted by Crippen LogP contribution is -2.43. The van der Waals surface area contributed by atoms with E-state index in [4.69, 9.17) is 9.72 Å². The monoisotopic (exact) mass is 336 g/mol. The molecule has 2 aliphatic rings. The lowest BCUT2D eigenvalue weighted by atomic mass is 9.93. The predicted molar refractivity (Wildman–Crippen MR) is 92.7 cm³/mol. The third kappa shape index (κ3) is 3.77. The number of hydrogen-bond acceptors (Lipinski definition) is 4. The molecule has 2 saturated heterocycles. The molecule has 2 aliphatic heterocycles. The van der Waals surface area contributed by atoms with E-state index >= 15 is 0 Å². The van der Waals surface area contributed by atoms with Crippen molar-refractivity contribution in [3.63, 3.8) is 0 Å². The lowest BCUT2D eigenvalue weighted by molar-refractivity contribution is -0.142. The Morgan fingerprint density at radius 3 is 2.65 bits per heavy atom. The van der Waals surface area contributed by atoms with Crippen molar-refractivity contribution in [1.29, 1.82) is 0 Å². The van der Waals surface area contributed by atoms with Crippen LogP contribution in [-0.4, -0.2) is 35.5 Å². The van der Waals surface area contributed by atoms with Gasteiger partial charge >= 0.3 is 0 Å². The molecular formula is C18H28N2O2S. The first-order valence-corrected chi connectivity index (χ1v) is 9.69. The molecule has 0 bridgehead atoms. The Bertz CT molecular complexity index is 543. The molecule has 5 heteroatoms. The highest BCUT2D eigenvalue weighted by Gasteiger charge is 2.35. The highest BCUT2D eigenvalue weighted by molar-refractivity contribution is 7.09. The van der Waals surface area contributed by atoms with Crippen LogP contribution < -0.4 is 0 Å². The summed E-state index contributed by atoms with van der Waals surface area (Å²) in [7, 11) is 0. The van der Waals surface area contributed by atoms with E-state index in [1.807, 2.05) is 0 Å². The molecule has 1 aromatic rings. The van der Waals surface area contributed by atoms with Crippen molar-refractivity contribution in [2.45, 2.75) is 64.3 Å². The number of rotatable bonds is 2. The van der Waals surface area contributed by atoms with E-state index in [1.165, 1.54) is 6.42 Å². The molecule has 4 nitrogen and oxygen atoms in total. The number of carbonyl (C=O) groups excluding carboxylic acids is 1. The molecule has 0 unspecified atom stereocenters. The average molecular weight is 337 g/mol. The maximum absolute atomic E-state index is 13.0. The van der Waals surface area contributed by atoms with Gasteiger partial charge in [0.25, 0.3) is 0 Å². The summed E-state index contributed by atoms with van der Waals surface area (Å²) in [6.07, 6.45) is 5.09. The van der Waals surface area contributed by atoms with Crippen molar-refractivity contribution in [1.82, 2.24) is 9.88 Å². The number of hydrogen-bond donors (Lipinski definition) is 0. The summed E-state index contributed by atoms with van der Waals surface area (Å²) in [4.78, 5) is 20.0. The van der Waals surface area contributed by atoms with Crippen molar-refractivity contribution in [2.24, 2.45) is 5.92 Å². The molecular weight excluding hydrogens is 308 g/mol. The smallest absolute Gasteiger partial charge is 0.226 e. The Kier molecular flexibility index (Phi) is 5.07. The van der Waals surface area contributed by atoms with Crippen LogP contribution in [0.15, 0.2) is 5.38 Å². The number of thiazole rings is 1. The number of aromatic nitrogens is 1. The van der Waals surface area contributed by atoms with Gasteiger partial charge in [0.1, 0.15) is 5.01 Å². The molecule has 2 fully saturated rings. The number of piperidine rings is 1. The second-order valence-electron chi connectivity index (χ2n) is 7.75. The Morgan fingerprint density at radius 2 is 2.00 bits per heavy atom. The molecule has 3 heterocycles. The Balaban J connectivity index is 1.78. The molecule has 0 spiro atoms. The molecule has 1 aromatic heterocycles. The molecule has 0 radical (unpaired) electrons. The van der Waals surface area contributed by atoms with Crippen molar-refractivity contribution in [3.8, 4) is 0 Å². The minimum atomic E-state index is 0.0684. The normalized spacial score (nSPS) is 24.0. The van der Waals surface area contributed by atoms with Crippen LogP contribution in [0.25, 0.3) is 0 Å². The summed E-state index contributed by atoms with van der Waals surface area (Å²) in [5.74, 6) is 0.469. The Morgan fingerprint density at radius 1 is 1.26 bits per heavy atom. The highest BCUT2D eigenvalue weighted by atomic mass is 32.1. The Labute approximate surface area is 143 Å². The third-order valence-electron chi connectivity index (χ3n) is 4.93. The third-order valence-corrected chi connectivity index (χ3v) is 5.88. The van der Waals surface area contributed by atoms with Gasteiger partial charge in [-0.05, 0) is 32.1 Å². The summed E-state index contributed by atoms with van der Waals surface area (Å²) >= 11 is 1.72. The molecule has 0 aliphatic carbocycles. The quantitative estimate of drug-likeness (QED) is 0.822. The molecule has 0 saturated carbocycles. The predicted octanol–water partition coefficient (Wildman–Crippen LogP) is 3.92. The Hall–Kier alpha value is -0.940. The SMILES string of the molecule is CC(C)(C)c1csc([C@H]2CCCCN2C(=O)C2CCOCC2)n1. The molecule has 3 rings (SSSR count). The molecule has 1 atom stereocenters. The summed E-state index contributed by atoms with van der Waals surface area (Å²) in [6.45, 7) is 8.90. The first-order chi connectivity index (χ1) is 11.0. The fourth-order valence-electron chi connectivity index (χ4n) is 3.42. The topological polar surface area (TPSA) is 42.4 Å². The van der Waals surface area contributed by atoms with Crippen molar-refractivity contribution < 1.29 is 9.53 Å². The van der Waals surface area contributed by atoms with E-state index in [9.17, 15) is 4.79 Å². The van der Waals surface area contributed by atoms with Gasteiger partial charge in [0, 0.05) is 36.5 Å². The molecule has 1 amide bonds. The van der Waals surface area contributed by atoms with Crippen molar-refractivity contribution >= 4 is 17.2 Å². The fraction of sp³-hybridized carbons (Fsp3) is 0.778. The summed E-state index contributed by atoms with van der Waals surface area (Å²) in [5, 5.41) is 3.29. The van der Waals surface area contributed by atoms with Gasteiger partial charge in [0.15, 0.2) is 0 Å². The van der Waals surface area contributed by atoms with Crippen LogP contribution in [0.1, 0.15) is 69.6 Å². The van der Waals surface area contributed by atoms with E-state index in [-0.39, 0.29) is 17.4 Å². The highest BCUT2D eigenvalue weighted by Crippen LogP contribution is 2.36. The van der Waals surface area contributed by atoms with Crippen LogP contribution in [0.5, 0.6) is 0 Å². The van der Waals surface area contributed by atoms with Crippen molar-refractivity contribution in [3.05, 3.63) is 16.1 Å². The zero-order chi connectivity index (χ0) is 16.4. The van der Waals surface area contributed by atoms with Gasteiger partial charge in [-0.15, -0.1) is 11.3 Å².